The van der Waals surface area contributed by atoms with E-state index in [-0.39, 0.29) is 17.6 Å². The smallest absolute Gasteiger partial charge is 0.237 e. The summed E-state index contributed by atoms with van der Waals surface area (Å²) >= 11 is 0. The molecule has 0 spiro atoms. The second-order valence-electron chi connectivity index (χ2n) is 4.82. The number of halogens is 1. The van der Waals surface area contributed by atoms with Crippen molar-refractivity contribution in [3.8, 4) is 0 Å². The molecule has 0 saturated carbocycles. The first-order valence-electron chi connectivity index (χ1n) is 6.52. The zero-order valence-corrected chi connectivity index (χ0v) is 10.8. The molecule has 104 valence electrons. The van der Waals surface area contributed by atoms with Gasteiger partial charge in [-0.1, -0.05) is 12.1 Å². The number of nitrogens with two attached hydrogens (primary N) is 1. The highest BCUT2D eigenvalue weighted by Gasteiger charge is 2.26. The summed E-state index contributed by atoms with van der Waals surface area (Å²) in [4.78, 5) is 11.9. The normalized spacial score (nSPS) is 18.0. The molecule has 0 bridgehead atoms. The van der Waals surface area contributed by atoms with Crippen LogP contribution in [0.5, 0.6) is 0 Å². The minimum absolute atomic E-state index is 0.168. The van der Waals surface area contributed by atoms with Gasteiger partial charge in [-0.2, -0.15) is 0 Å². The van der Waals surface area contributed by atoms with Crippen molar-refractivity contribution in [3.05, 3.63) is 35.6 Å². The summed E-state index contributed by atoms with van der Waals surface area (Å²) in [6.07, 6.45) is 1.63. The van der Waals surface area contributed by atoms with E-state index in [1.54, 1.807) is 12.1 Å². The van der Waals surface area contributed by atoms with Crippen LogP contribution in [0.2, 0.25) is 0 Å². The summed E-state index contributed by atoms with van der Waals surface area (Å²) in [5.41, 5.74) is 6.67. The quantitative estimate of drug-likeness (QED) is 0.860. The molecule has 0 aliphatic carbocycles. The van der Waals surface area contributed by atoms with Crippen LogP contribution in [-0.4, -0.2) is 25.2 Å². The molecule has 1 saturated heterocycles. The fraction of sp³-hybridized carbons (Fsp3) is 0.500. The van der Waals surface area contributed by atoms with Crippen LogP contribution in [0.4, 0.5) is 4.39 Å². The molecule has 1 aliphatic rings. The molecule has 4 nitrogen and oxygen atoms in total. The minimum Gasteiger partial charge on any atom is -0.381 e. The summed E-state index contributed by atoms with van der Waals surface area (Å²) in [6.45, 7) is 1.62. The lowest BCUT2D eigenvalue weighted by Crippen LogP contribution is -2.46. The molecule has 1 amide bonds. The van der Waals surface area contributed by atoms with E-state index >= 15 is 0 Å². The van der Waals surface area contributed by atoms with Gasteiger partial charge in [0.15, 0.2) is 0 Å². The van der Waals surface area contributed by atoms with Gasteiger partial charge >= 0.3 is 0 Å². The first kappa shape index (κ1) is 14.0. The monoisotopic (exact) mass is 266 g/mol. The second kappa shape index (κ2) is 6.63. The van der Waals surface area contributed by atoms with Gasteiger partial charge in [0.2, 0.25) is 5.91 Å². The molecule has 0 radical (unpaired) electrons. The number of carbonyl (C=O) groups excluding carboxylic acids is 1. The molecule has 2 rings (SSSR count). The topological polar surface area (TPSA) is 64.4 Å². The molecule has 19 heavy (non-hydrogen) atoms. The molecular formula is C14H19FN2O2. The predicted molar refractivity (Wildman–Crippen MR) is 69.8 cm³/mol. The van der Waals surface area contributed by atoms with E-state index in [0.717, 1.165) is 18.4 Å². The van der Waals surface area contributed by atoms with Gasteiger partial charge in [0, 0.05) is 19.8 Å². The molecule has 1 unspecified atom stereocenters. The average Bonchev–Trinajstić information content (AvgIpc) is 2.45. The zero-order valence-electron chi connectivity index (χ0n) is 10.8. The lowest BCUT2D eigenvalue weighted by Gasteiger charge is -2.26. The summed E-state index contributed by atoms with van der Waals surface area (Å²) in [5.74, 6) is -0.321. The highest BCUT2D eigenvalue weighted by atomic mass is 19.1. The Kier molecular flexibility index (Phi) is 4.87. The van der Waals surface area contributed by atoms with Gasteiger partial charge in [0.1, 0.15) is 5.82 Å². The van der Waals surface area contributed by atoms with E-state index < -0.39 is 6.04 Å². The van der Waals surface area contributed by atoms with Gasteiger partial charge < -0.3 is 15.8 Å². The van der Waals surface area contributed by atoms with E-state index in [0.29, 0.717) is 19.8 Å². The van der Waals surface area contributed by atoms with Crippen molar-refractivity contribution < 1.29 is 13.9 Å². The van der Waals surface area contributed by atoms with Gasteiger partial charge in [-0.25, -0.2) is 4.39 Å². The lowest BCUT2D eigenvalue weighted by atomic mass is 9.92. The standard InChI is InChI=1S/C14H19FN2O2/c15-12-3-1-2-10(8-12)9-17-14(18)13(16)11-4-6-19-7-5-11/h1-3,8,11,13H,4-7,9,16H2,(H,17,18). The number of benzene rings is 1. The molecule has 1 fully saturated rings. The first-order chi connectivity index (χ1) is 9.16. The van der Waals surface area contributed by atoms with Crippen LogP contribution in [0, 0.1) is 11.7 Å². The van der Waals surface area contributed by atoms with Crippen LogP contribution in [0.3, 0.4) is 0 Å². The van der Waals surface area contributed by atoms with E-state index in [9.17, 15) is 9.18 Å². The Morgan fingerprint density at radius 2 is 2.21 bits per heavy atom. The van der Waals surface area contributed by atoms with Gasteiger partial charge in [-0.15, -0.1) is 0 Å². The molecule has 3 N–H and O–H groups in total. The van der Waals surface area contributed by atoms with Crippen molar-refractivity contribution in [2.45, 2.75) is 25.4 Å². The van der Waals surface area contributed by atoms with E-state index in [2.05, 4.69) is 5.32 Å². The van der Waals surface area contributed by atoms with Gasteiger partial charge in [-0.05, 0) is 36.5 Å². The molecule has 1 heterocycles. The summed E-state index contributed by atoms with van der Waals surface area (Å²) in [7, 11) is 0. The van der Waals surface area contributed by atoms with Crippen LogP contribution in [-0.2, 0) is 16.1 Å². The highest BCUT2D eigenvalue weighted by molar-refractivity contribution is 5.81. The van der Waals surface area contributed by atoms with E-state index in [4.69, 9.17) is 10.5 Å². The Balaban J connectivity index is 1.83. The molecule has 1 aromatic carbocycles. The molecule has 1 aliphatic heterocycles. The lowest BCUT2D eigenvalue weighted by molar-refractivity contribution is -0.124. The largest absolute Gasteiger partial charge is 0.381 e. The zero-order chi connectivity index (χ0) is 13.7. The summed E-state index contributed by atoms with van der Waals surface area (Å²) in [5, 5.41) is 2.75. The first-order valence-corrected chi connectivity index (χ1v) is 6.52. The number of rotatable bonds is 4. The van der Waals surface area contributed by atoms with Crippen molar-refractivity contribution in [1.82, 2.24) is 5.32 Å². The molecule has 1 aromatic rings. The third-order valence-electron chi connectivity index (χ3n) is 3.43. The Morgan fingerprint density at radius 1 is 1.47 bits per heavy atom. The predicted octanol–water partition coefficient (Wildman–Crippen LogP) is 1.20. The minimum atomic E-state index is -0.516. The van der Waals surface area contributed by atoms with Crippen LogP contribution in [0.25, 0.3) is 0 Å². The number of carbonyl (C=O) groups is 1. The maximum atomic E-state index is 13.0. The Morgan fingerprint density at radius 3 is 2.89 bits per heavy atom. The maximum absolute atomic E-state index is 13.0. The molecule has 0 aromatic heterocycles. The van der Waals surface area contributed by atoms with E-state index in [1.165, 1.54) is 12.1 Å². The summed E-state index contributed by atoms with van der Waals surface area (Å²) in [6, 6.07) is 5.65. The summed E-state index contributed by atoms with van der Waals surface area (Å²) < 4.78 is 18.2. The Labute approximate surface area is 112 Å². The third-order valence-corrected chi connectivity index (χ3v) is 3.43. The molecule has 5 heteroatoms. The maximum Gasteiger partial charge on any atom is 0.237 e. The van der Waals surface area contributed by atoms with Crippen LogP contribution in [0.1, 0.15) is 18.4 Å². The molecular weight excluding hydrogens is 247 g/mol. The van der Waals surface area contributed by atoms with Crippen LogP contribution < -0.4 is 11.1 Å². The number of amides is 1. The van der Waals surface area contributed by atoms with Crippen LogP contribution >= 0.6 is 0 Å². The van der Waals surface area contributed by atoms with Crippen molar-refractivity contribution >= 4 is 5.91 Å². The third kappa shape index (κ3) is 4.01. The fourth-order valence-electron chi connectivity index (χ4n) is 2.24. The van der Waals surface area contributed by atoms with Crippen molar-refractivity contribution in [3.63, 3.8) is 0 Å². The number of hydrogen-bond donors (Lipinski definition) is 2. The molecule has 1 atom stereocenters. The van der Waals surface area contributed by atoms with Gasteiger partial charge in [0.05, 0.1) is 6.04 Å². The van der Waals surface area contributed by atoms with E-state index in [1.807, 2.05) is 0 Å². The average molecular weight is 266 g/mol. The number of nitrogens with one attached hydrogen (secondary N) is 1. The number of hydrogen-bond acceptors (Lipinski definition) is 3. The number of ether oxygens (including phenoxy) is 1. The van der Waals surface area contributed by atoms with Crippen LogP contribution in [0.15, 0.2) is 24.3 Å². The Hall–Kier alpha value is -1.46. The van der Waals surface area contributed by atoms with Crippen molar-refractivity contribution in [2.75, 3.05) is 13.2 Å². The van der Waals surface area contributed by atoms with Gasteiger partial charge in [-0.3, -0.25) is 4.79 Å². The van der Waals surface area contributed by atoms with Gasteiger partial charge in [0.25, 0.3) is 0 Å². The van der Waals surface area contributed by atoms with Crippen molar-refractivity contribution in [1.29, 1.82) is 0 Å². The van der Waals surface area contributed by atoms with Crippen molar-refractivity contribution in [2.24, 2.45) is 11.7 Å². The SMILES string of the molecule is NC(C(=O)NCc1cccc(F)c1)C1CCOCC1. The second-order valence-corrected chi connectivity index (χ2v) is 4.82. The fourth-order valence-corrected chi connectivity index (χ4v) is 2.24. The Bertz CT molecular complexity index is 433. The highest BCUT2D eigenvalue weighted by Crippen LogP contribution is 2.17.